The van der Waals surface area contributed by atoms with Crippen molar-refractivity contribution in [2.24, 2.45) is 5.92 Å². The van der Waals surface area contributed by atoms with E-state index < -0.39 is 0 Å². The Morgan fingerprint density at radius 1 is 1.32 bits per heavy atom. The predicted octanol–water partition coefficient (Wildman–Crippen LogP) is 3.35. The molecule has 3 nitrogen and oxygen atoms in total. The fourth-order valence-electron chi connectivity index (χ4n) is 1.74. The molecule has 0 bridgehead atoms. The zero-order valence-corrected chi connectivity index (χ0v) is 13.4. The van der Waals surface area contributed by atoms with Gasteiger partial charge in [-0.1, -0.05) is 26.0 Å². The first kappa shape index (κ1) is 16.5. The number of rotatable bonds is 9. The number of para-hydroxylation sites is 1. The van der Waals surface area contributed by atoms with Crippen molar-refractivity contribution in [3.05, 3.63) is 28.2 Å². The summed E-state index contributed by atoms with van der Waals surface area (Å²) in [4.78, 5) is 0. The van der Waals surface area contributed by atoms with Gasteiger partial charge in [0.25, 0.3) is 0 Å². The van der Waals surface area contributed by atoms with E-state index in [1.165, 1.54) is 5.56 Å². The molecule has 0 aromatic heterocycles. The smallest absolute Gasteiger partial charge is 0.137 e. The SMILES string of the molecule is CC(C)CNCc1cccc(Br)c1OCCCCO. The van der Waals surface area contributed by atoms with Gasteiger partial charge >= 0.3 is 0 Å². The van der Waals surface area contributed by atoms with E-state index in [9.17, 15) is 0 Å². The maximum absolute atomic E-state index is 8.77. The van der Waals surface area contributed by atoms with Crippen LogP contribution in [0.1, 0.15) is 32.3 Å². The Morgan fingerprint density at radius 3 is 2.79 bits per heavy atom. The van der Waals surface area contributed by atoms with Crippen LogP contribution in [0.5, 0.6) is 5.75 Å². The second-order valence-corrected chi connectivity index (χ2v) is 5.89. The zero-order chi connectivity index (χ0) is 14.1. The van der Waals surface area contributed by atoms with Crippen molar-refractivity contribution in [3.8, 4) is 5.75 Å². The fraction of sp³-hybridized carbons (Fsp3) is 0.600. The second-order valence-electron chi connectivity index (χ2n) is 5.03. The number of ether oxygens (including phenoxy) is 1. The molecule has 0 radical (unpaired) electrons. The molecule has 0 amide bonds. The van der Waals surface area contributed by atoms with Crippen LogP contribution in [0.15, 0.2) is 22.7 Å². The van der Waals surface area contributed by atoms with Crippen LogP contribution < -0.4 is 10.1 Å². The van der Waals surface area contributed by atoms with Gasteiger partial charge in [-0.2, -0.15) is 0 Å². The van der Waals surface area contributed by atoms with Gasteiger partial charge in [0, 0.05) is 18.7 Å². The van der Waals surface area contributed by atoms with Crippen molar-refractivity contribution < 1.29 is 9.84 Å². The number of nitrogens with one attached hydrogen (secondary N) is 1. The van der Waals surface area contributed by atoms with Crippen LogP contribution >= 0.6 is 15.9 Å². The highest BCUT2D eigenvalue weighted by Gasteiger charge is 2.08. The van der Waals surface area contributed by atoms with Crippen molar-refractivity contribution in [2.75, 3.05) is 19.8 Å². The van der Waals surface area contributed by atoms with Gasteiger partial charge in [-0.15, -0.1) is 0 Å². The van der Waals surface area contributed by atoms with Crippen LogP contribution in [-0.2, 0) is 6.54 Å². The number of benzene rings is 1. The summed E-state index contributed by atoms with van der Waals surface area (Å²) in [5, 5.41) is 12.2. The van der Waals surface area contributed by atoms with Gasteiger partial charge in [0.15, 0.2) is 0 Å². The Kier molecular flexibility index (Phi) is 8.10. The Labute approximate surface area is 124 Å². The predicted molar refractivity (Wildman–Crippen MR) is 82.5 cm³/mol. The van der Waals surface area contributed by atoms with Gasteiger partial charge in [0.05, 0.1) is 11.1 Å². The third kappa shape index (κ3) is 6.41. The summed E-state index contributed by atoms with van der Waals surface area (Å²) >= 11 is 3.53. The van der Waals surface area contributed by atoms with E-state index in [0.717, 1.165) is 36.2 Å². The van der Waals surface area contributed by atoms with E-state index in [-0.39, 0.29) is 6.61 Å². The highest BCUT2D eigenvalue weighted by molar-refractivity contribution is 9.10. The first-order valence-electron chi connectivity index (χ1n) is 6.87. The average Bonchev–Trinajstić information content (AvgIpc) is 2.36. The average molecular weight is 330 g/mol. The van der Waals surface area contributed by atoms with Gasteiger partial charge in [-0.05, 0) is 47.3 Å². The van der Waals surface area contributed by atoms with Gasteiger partial charge in [-0.25, -0.2) is 0 Å². The molecule has 1 aromatic carbocycles. The summed E-state index contributed by atoms with van der Waals surface area (Å²) in [5.41, 5.74) is 1.17. The van der Waals surface area contributed by atoms with Crippen LogP contribution in [-0.4, -0.2) is 24.9 Å². The lowest BCUT2D eigenvalue weighted by molar-refractivity contribution is 0.251. The number of halogens is 1. The molecular weight excluding hydrogens is 306 g/mol. The Morgan fingerprint density at radius 2 is 2.11 bits per heavy atom. The first-order chi connectivity index (χ1) is 9.15. The lowest BCUT2D eigenvalue weighted by Crippen LogP contribution is -2.19. The van der Waals surface area contributed by atoms with Crippen molar-refractivity contribution in [3.63, 3.8) is 0 Å². The molecule has 0 aliphatic carbocycles. The number of hydrogen-bond acceptors (Lipinski definition) is 3. The fourth-order valence-corrected chi connectivity index (χ4v) is 2.26. The van der Waals surface area contributed by atoms with E-state index in [1.54, 1.807) is 0 Å². The molecule has 0 saturated heterocycles. The largest absolute Gasteiger partial charge is 0.492 e. The maximum atomic E-state index is 8.77. The van der Waals surface area contributed by atoms with Gasteiger partial charge in [-0.3, -0.25) is 0 Å². The number of unbranched alkanes of at least 4 members (excludes halogenated alkanes) is 1. The van der Waals surface area contributed by atoms with Crippen LogP contribution in [0.2, 0.25) is 0 Å². The zero-order valence-electron chi connectivity index (χ0n) is 11.8. The lowest BCUT2D eigenvalue weighted by Gasteiger charge is -2.14. The molecule has 19 heavy (non-hydrogen) atoms. The molecule has 1 rings (SSSR count). The minimum atomic E-state index is 0.224. The Balaban J connectivity index is 2.56. The molecule has 0 aliphatic rings. The van der Waals surface area contributed by atoms with E-state index in [1.807, 2.05) is 12.1 Å². The molecule has 2 N–H and O–H groups in total. The highest BCUT2D eigenvalue weighted by atomic mass is 79.9. The molecule has 4 heteroatoms. The highest BCUT2D eigenvalue weighted by Crippen LogP contribution is 2.29. The molecule has 0 atom stereocenters. The number of aliphatic hydroxyl groups is 1. The summed E-state index contributed by atoms with van der Waals surface area (Å²) in [6.07, 6.45) is 1.65. The molecule has 0 spiro atoms. The molecule has 0 aliphatic heterocycles. The van der Waals surface area contributed by atoms with E-state index in [4.69, 9.17) is 9.84 Å². The summed E-state index contributed by atoms with van der Waals surface area (Å²) in [6.45, 7) is 7.06. The molecule has 108 valence electrons. The molecule has 0 unspecified atom stereocenters. The van der Waals surface area contributed by atoms with Crippen molar-refractivity contribution in [2.45, 2.75) is 33.2 Å². The van der Waals surface area contributed by atoms with Gasteiger partial charge < -0.3 is 15.2 Å². The summed E-state index contributed by atoms with van der Waals surface area (Å²) in [7, 11) is 0. The van der Waals surface area contributed by atoms with Gasteiger partial charge in [0.1, 0.15) is 5.75 Å². The standard InChI is InChI=1S/C15H24BrNO2/c1-12(2)10-17-11-13-6-5-7-14(16)15(13)19-9-4-3-8-18/h5-7,12,17-18H,3-4,8-11H2,1-2H3. The van der Waals surface area contributed by atoms with Crippen LogP contribution in [0, 0.1) is 5.92 Å². The first-order valence-corrected chi connectivity index (χ1v) is 7.66. The topological polar surface area (TPSA) is 41.5 Å². The van der Waals surface area contributed by atoms with Crippen molar-refractivity contribution in [1.82, 2.24) is 5.32 Å². The van der Waals surface area contributed by atoms with Crippen LogP contribution in [0.4, 0.5) is 0 Å². The maximum Gasteiger partial charge on any atom is 0.137 e. The third-order valence-corrected chi connectivity index (χ3v) is 3.34. The van der Waals surface area contributed by atoms with Crippen LogP contribution in [0.25, 0.3) is 0 Å². The Hall–Kier alpha value is -0.580. The third-order valence-electron chi connectivity index (χ3n) is 2.72. The minimum Gasteiger partial charge on any atom is -0.492 e. The van der Waals surface area contributed by atoms with Crippen LogP contribution in [0.3, 0.4) is 0 Å². The molecule has 0 heterocycles. The van der Waals surface area contributed by atoms with E-state index in [0.29, 0.717) is 12.5 Å². The molecule has 1 aromatic rings. The second kappa shape index (κ2) is 9.34. The normalized spacial score (nSPS) is 11.0. The van der Waals surface area contributed by atoms with E-state index in [2.05, 4.69) is 41.2 Å². The van der Waals surface area contributed by atoms with Gasteiger partial charge in [0.2, 0.25) is 0 Å². The lowest BCUT2D eigenvalue weighted by atomic mass is 10.2. The number of hydrogen-bond donors (Lipinski definition) is 2. The van der Waals surface area contributed by atoms with Crippen molar-refractivity contribution >= 4 is 15.9 Å². The molecule has 0 saturated carbocycles. The summed E-state index contributed by atoms with van der Waals surface area (Å²) in [5.74, 6) is 1.55. The Bertz CT molecular complexity index is 369. The molecular formula is C15H24BrNO2. The van der Waals surface area contributed by atoms with E-state index >= 15 is 0 Å². The quantitative estimate of drug-likeness (QED) is 0.683. The minimum absolute atomic E-state index is 0.224. The summed E-state index contributed by atoms with van der Waals surface area (Å²) < 4.78 is 6.82. The number of aliphatic hydroxyl groups excluding tert-OH is 1. The summed E-state index contributed by atoms with van der Waals surface area (Å²) in [6, 6.07) is 6.10. The molecule has 0 fully saturated rings. The van der Waals surface area contributed by atoms with Crippen molar-refractivity contribution in [1.29, 1.82) is 0 Å². The monoisotopic (exact) mass is 329 g/mol.